The number of hydrogen-bond donors (Lipinski definition) is 2. The third kappa shape index (κ3) is 4.24. The molecule has 1 atom stereocenters. The van der Waals surface area contributed by atoms with E-state index >= 15 is 0 Å². The van der Waals surface area contributed by atoms with Crippen LogP contribution in [-0.2, 0) is 0 Å². The van der Waals surface area contributed by atoms with E-state index in [9.17, 15) is 18.4 Å². The Hall–Kier alpha value is -2.74. The molecule has 0 spiro atoms. The number of fused-ring (bicyclic) bond motifs is 1. The number of halogens is 3. The predicted octanol–water partition coefficient (Wildman–Crippen LogP) is 1.57. The second kappa shape index (κ2) is 8.18. The number of carbonyl (C=O) groups excluding carboxylic acids is 1. The number of nitrogens with zero attached hydrogens (tertiary/aromatic N) is 1. The van der Waals surface area contributed by atoms with Gasteiger partial charge in [-0.3, -0.25) is 4.79 Å². The molecule has 3 rings (SSSR count). The SMILES string of the molecule is BC(B)(B)N(C(=O)Nc1cccc(Cl)c1)C(C)c1c[nH]c(=O)c2c(F)c(F)ccc12. The van der Waals surface area contributed by atoms with Gasteiger partial charge in [-0.25, -0.2) is 13.6 Å². The largest absolute Gasteiger partial charge is 0.335 e. The second-order valence-electron chi connectivity index (χ2n) is 8.01. The van der Waals surface area contributed by atoms with Crippen molar-refractivity contribution in [3.05, 3.63) is 75.2 Å². The number of aromatic nitrogens is 1. The molecule has 30 heavy (non-hydrogen) atoms. The first-order valence-corrected chi connectivity index (χ1v) is 9.73. The van der Waals surface area contributed by atoms with Gasteiger partial charge in [0, 0.05) is 16.9 Å². The van der Waals surface area contributed by atoms with Crippen molar-refractivity contribution in [1.82, 2.24) is 9.88 Å². The van der Waals surface area contributed by atoms with Gasteiger partial charge in [-0.05, 0) is 47.4 Å². The molecule has 0 saturated carbocycles. The van der Waals surface area contributed by atoms with Crippen molar-refractivity contribution in [2.24, 2.45) is 0 Å². The van der Waals surface area contributed by atoms with E-state index in [-0.39, 0.29) is 10.8 Å². The van der Waals surface area contributed by atoms with Crippen LogP contribution in [0.5, 0.6) is 0 Å². The van der Waals surface area contributed by atoms with E-state index in [2.05, 4.69) is 10.3 Å². The van der Waals surface area contributed by atoms with Crippen molar-refractivity contribution in [3.63, 3.8) is 0 Å². The van der Waals surface area contributed by atoms with Gasteiger partial charge in [0.15, 0.2) is 11.6 Å². The van der Waals surface area contributed by atoms with Gasteiger partial charge in [-0.15, -0.1) is 0 Å². The Labute approximate surface area is 180 Å². The summed E-state index contributed by atoms with van der Waals surface area (Å²) in [5.74, 6) is -2.32. The zero-order chi connectivity index (χ0) is 22.2. The summed E-state index contributed by atoms with van der Waals surface area (Å²) in [5, 5.41) is 2.53. The molecule has 11 heteroatoms. The Kier molecular flexibility index (Phi) is 5.99. The molecule has 0 fully saturated rings. The normalized spacial score (nSPS) is 12.5. The van der Waals surface area contributed by atoms with E-state index in [1.54, 1.807) is 36.1 Å². The maximum absolute atomic E-state index is 14.3. The lowest BCUT2D eigenvalue weighted by molar-refractivity contribution is 0.192. The van der Waals surface area contributed by atoms with Crippen molar-refractivity contribution in [3.8, 4) is 0 Å². The molecule has 2 amide bonds. The maximum Gasteiger partial charge on any atom is 0.320 e. The number of nitrogens with one attached hydrogen (secondary N) is 2. The fourth-order valence-electron chi connectivity index (χ4n) is 3.60. The summed E-state index contributed by atoms with van der Waals surface area (Å²) < 4.78 is 28.0. The molecular weight excluding hydrogens is 408 g/mol. The molecular formula is C19H19B3ClF2N3O2. The van der Waals surface area contributed by atoms with Crippen LogP contribution >= 0.6 is 11.6 Å². The monoisotopic (exact) mass is 427 g/mol. The van der Waals surface area contributed by atoms with Gasteiger partial charge in [0.1, 0.15) is 23.5 Å². The highest BCUT2D eigenvalue weighted by molar-refractivity contribution is 6.59. The smallest absolute Gasteiger partial charge is 0.320 e. The minimum atomic E-state index is -1.21. The summed E-state index contributed by atoms with van der Waals surface area (Å²) in [6.07, 6.45) is 1.43. The lowest BCUT2D eigenvalue weighted by atomic mass is 9.48. The number of rotatable bonds is 4. The molecule has 0 aliphatic heterocycles. The predicted molar refractivity (Wildman–Crippen MR) is 124 cm³/mol. The van der Waals surface area contributed by atoms with Crippen molar-refractivity contribution < 1.29 is 13.6 Å². The number of H-pyrrole nitrogens is 1. The van der Waals surface area contributed by atoms with Crippen LogP contribution in [0.1, 0.15) is 18.5 Å². The molecule has 0 saturated heterocycles. The highest BCUT2D eigenvalue weighted by Crippen LogP contribution is 2.31. The van der Waals surface area contributed by atoms with Gasteiger partial charge in [-0.1, -0.05) is 23.7 Å². The molecule has 0 bridgehead atoms. The first-order chi connectivity index (χ1) is 14.0. The molecule has 1 heterocycles. The lowest BCUT2D eigenvalue weighted by Crippen LogP contribution is -2.56. The highest BCUT2D eigenvalue weighted by atomic mass is 35.5. The minimum absolute atomic E-state index is 0.245. The fraction of sp³-hybridized carbons (Fsp3) is 0.158. The number of hydrogen-bond acceptors (Lipinski definition) is 2. The molecule has 0 aliphatic carbocycles. The number of carbonyl (C=O) groups is 1. The lowest BCUT2D eigenvalue weighted by Gasteiger charge is -2.41. The van der Waals surface area contributed by atoms with Gasteiger partial charge in [0.25, 0.3) is 5.56 Å². The van der Waals surface area contributed by atoms with Crippen molar-refractivity contribution in [1.29, 1.82) is 0 Å². The average molecular weight is 427 g/mol. The molecule has 1 aromatic heterocycles. The topological polar surface area (TPSA) is 65.2 Å². The summed E-state index contributed by atoms with van der Waals surface area (Å²) in [7, 11) is 5.57. The third-order valence-corrected chi connectivity index (χ3v) is 5.08. The van der Waals surface area contributed by atoms with Crippen LogP contribution in [0, 0.1) is 11.6 Å². The average Bonchev–Trinajstić information content (AvgIpc) is 2.63. The quantitative estimate of drug-likeness (QED) is 0.621. The summed E-state index contributed by atoms with van der Waals surface area (Å²) in [4.78, 5) is 29.3. The Morgan fingerprint density at radius 1 is 1.23 bits per heavy atom. The minimum Gasteiger partial charge on any atom is -0.335 e. The number of anilines is 1. The van der Waals surface area contributed by atoms with Crippen LogP contribution in [0.15, 0.2) is 47.4 Å². The van der Waals surface area contributed by atoms with Gasteiger partial charge in [0.2, 0.25) is 0 Å². The standard InChI is InChI=1S/C19H19B3ClF2N3O2/c1-9(13-8-26-17(29)15-12(13)5-6-14(24)16(15)25)28(19(20,21)22)18(30)27-11-4-2-3-10(23)7-11/h2-9H,20-22H2,1H3,(H,26,29)(H,27,30). The molecule has 3 aromatic rings. The van der Waals surface area contributed by atoms with Crippen LogP contribution in [0.2, 0.25) is 5.02 Å². The molecule has 0 aliphatic rings. The van der Waals surface area contributed by atoms with Crippen LogP contribution in [0.3, 0.4) is 0 Å². The van der Waals surface area contributed by atoms with E-state index in [1.165, 1.54) is 12.3 Å². The first-order valence-electron chi connectivity index (χ1n) is 9.36. The number of urea groups is 1. The summed E-state index contributed by atoms with van der Waals surface area (Å²) in [6, 6.07) is 8.09. The van der Waals surface area contributed by atoms with Gasteiger partial charge in [-0.2, -0.15) is 0 Å². The van der Waals surface area contributed by atoms with E-state index in [0.717, 1.165) is 6.07 Å². The molecule has 2 N–H and O–H groups in total. The highest BCUT2D eigenvalue weighted by Gasteiger charge is 2.33. The number of amides is 2. The summed E-state index contributed by atoms with van der Waals surface area (Å²) in [5.41, 5.74) is 0.275. The maximum atomic E-state index is 14.3. The van der Waals surface area contributed by atoms with E-state index in [4.69, 9.17) is 11.6 Å². The molecule has 152 valence electrons. The van der Waals surface area contributed by atoms with Gasteiger partial charge >= 0.3 is 6.03 Å². The number of pyridine rings is 1. The van der Waals surface area contributed by atoms with Gasteiger partial charge < -0.3 is 15.2 Å². The summed E-state index contributed by atoms with van der Waals surface area (Å²) in [6.45, 7) is 1.76. The van der Waals surface area contributed by atoms with Gasteiger partial charge in [0.05, 0.1) is 11.4 Å². The number of aromatic amines is 1. The molecule has 1 unspecified atom stereocenters. The summed E-state index contributed by atoms with van der Waals surface area (Å²) >= 11 is 6.00. The number of benzene rings is 2. The molecule has 2 aromatic carbocycles. The molecule has 5 nitrogen and oxygen atoms in total. The van der Waals surface area contributed by atoms with Crippen molar-refractivity contribution in [2.75, 3.05) is 5.32 Å². The Balaban J connectivity index is 2.08. The Morgan fingerprint density at radius 3 is 2.57 bits per heavy atom. The first kappa shape index (κ1) is 22.0. The van der Waals surface area contributed by atoms with Crippen LogP contribution in [0.25, 0.3) is 10.8 Å². The van der Waals surface area contributed by atoms with Crippen LogP contribution in [-0.4, -0.2) is 44.7 Å². The van der Waals surface area contributed by atoms with Crippen molar-refractivity contribution >= 4 is 57.6 Å². The second-order valence-corrected chi connectivity index (χ2v) is 8.45. The zero-order valence-corrected chi connectivity index (χ0v) is 17.8. The Bertz CT molecular complexity index is 1180. The van der Waals surface area contributed by atoms with Crippen molar-refractivity contribution in [2.45, 2.75) is 18.2 Å². The van der Waals surface area contributed by atoms with E-state index in [1.807, 2.05) is 23.5 Å². The third-order valence-electron chi connectivity index (χ3n) is 4.85. The molecule has 0 radical (unpaired) electrons. The van der Waals surface area contributed by atoms with E-state index in [0.29, 0.717) is 16.3 Å². The fourth-order valence-corrected chi connectivity index (χ4v) is 3.79. The Morgan fingerprint density at radius 2 is 1.93 bits per heavy atom. The zero-order valence-electron chi connectivity index (χ0n) is 17.0. The van der Waals surface area contributed by atoms with Crippen LogP contribution in [0.4, 0.5) is 19.3 Å². The van der Waals surface area contributed by atoms with Crippen LogP contribution < -0.4 is 10.9 Å². The van der Waals surface area contributed by atoms with E-state index < -0.39 is 34.5 Å².